The van der Waals surface area contributed by atoms with Crippen molar-refractivity contribution in [2.75, 3.05) is 36.2 Å². The standard InChI is InChI=1S/C15H19ClN2O4S2/c1-18(8-14(19)17-12-4-2-11(16)3-5-12)15(20)9-23-13-6-7-24(21,22)10-13/h2-5,13H,6-10H2,1H3,(H,17,19)/t13-/m1/s1. The Morgan fingerprint density at radius 3 is 2.58 bits per heavy atom. The van der Waals surface area contributed by atoms with Gasteiger partial charge in [-0.3, -0.25) is 9.59 Å². The number of anilines is 1. The van der Waals surface area contributed by atoms with Crippen LogP contribution in [0, 0.1) is 0 Å². The van der Waals surface area contributed by atoms with Crippen LogP contribution in [0.4, 0.5) is 5.69 Å². The molecule has 2 rings (SSSR count). The average molecular weight is 391 g/mol. The molecule has 132 valence electrons. The number of halogens is 1. The molecule has 0 aliphatic carbocycles. The Hall–Kier alpha value is -1.25. The van der Waals surface area contributed by atoms with E-state index in [0.717, 1.165) is 0 Å². The van der Waals surface area contributed by atoms with Gasteiger partial charge < -0.3 is 10.2 Å². The minimum atomic E-state index is -2.94. The molecule has 1 aromatic rings. The topological polar surface area (TPSA) is 83.6 Å². The van der Waals surface area contributed by atoms with Crippen molar-refractivity contribution in [3.05, 3.63) is 29.3 Å². The molecule has 0 saturated carbocycles. The molecule has 0 bridgehead atoms. The van der Waals surface area contributed by atoms with E-state index in [-0.39, 0.29) is 40.9 Å². The summed E-state index contributed by atoms with van der Waals surface area (Å²) in [5, 5.41) is 3.23. The maximum Gasteiger partial charge on any atom is 0.243 e. The van der Waals surface area contributed by atoms with Crippen LogP contribution in [0.5, 0.6) is 0 Å². The summed E-state index contributed by atoms with van der Waals surface area (Å²) in [6.45, 7) is -0.0645. The lowest BCUT2D eigenvalue weighted by atomic mass is 10.3. The fourth-order valence-electron chi connectivity index (χ4n) is 2.23. The van der Waals surface area contributed by atoms with E-state index in [1.807, 2.05) is 0 Å². The third kappa shape index (κ3) is 5.99. The number of thioether (sulfide) groups is 1. The van der Waals surface area contributed by atoms with E-state index in [0.29, 0.717) is 17.1 Å². The molecule has 1 aliphatic heterocycles. The molecular formula is C15H19ClN2O4S2. The smallest absolute Gasteiger partial charge is 0.243 e. The lowest BCUT2D eigenvalue weighted by molar-refractivity contribution is -0.131. The van der Waals surface area contributed by atoms with Crippen LogP contribution < -0.4 is 5.32 Å². The zero-order chi connectivity index (χ0) is 17.7. The van der Waals surface area contributed by atoms with E-state index in [2.05, 4.69) is 5.32 Å². The zero-order valence-electron chi connectivity index (χ0n) is 13.2. The molecule has 2 amide bonds. The highest BCUT2D eigenvalue weighted by Crippen LogP contribution is 2.24. The van der Waals surface area contributed by atoms with Gasteiger partial charge in [-0.15, -0.1) is 11.8 Å². The molecule has 0 spiro atoms. The second-order valence-electron chi connectivity index (χ2n) is 5.64. The number of nitrogens with zero attached hydrogens (tertiary/aromatic N) is 1. The highest BCUT2D eigenvalue weighted by Gasteiger charge is 2.29. The number of carbonyl (C=O) groups is 2. The van der Waals surface area contributed by atoms with Gasteiger partial charge in [0.25, 0.3) is 0 Å². The summed E-state index contributed by atoms with van der Waals surface area (Å²) in [6.07, 6.45) is 0.584. The van der Waals surface area contributed by atoms with Crippen LogP contribution in [-0.4, -0.2) is 61.2 Å². The highest BCUT2D eigenvalue weighted by molar-refractivity contribution is 8.02. The Bertz CT molecular complexity index is 707. The first-order chi connectivity index (χ1) is 11.2. The van der Waals surface area contributed by atoms with Crippen LogP contribution >= 0.6 is 23.4 Å². The summed E-state index contributed by atoms with van der Waals surface area (Å²) in [4.78, 5) is 25.3. The molecular weight excluding hydrogens is 372 g/mol. The van der Waals surface area contributed by atoms with Gasteiger partial charge >= 0.3 is 0 Å². The molecule has 24 heavy (non-hydrogen) atoms. The zero-order valence-corrected chi connectivity index (χ0v) is 15.6. The van der Waals surface area contributed by atoms with Crippen molar-refractivity contribution in [3.63, 3.8) is 0 Å². The maximum atomic E-state index is 12.1. The summed E-state index contributed by atoms with van der Waals surface area (Å²) in [5.41, 5.74) is 0.607. The quantitative estimate of drug-likeness (QED) is 0.798. The number of carbonyl (C=O) groups excluding carboxylic acids is 2. The number of likely N-dealkylation sites (N-methyl/N-ethyl adjacent to an activating group) is 1. The molecule has 6 nitrogen and oxygen atoms in total. The molecule has 1 heterocycles. The van der Waals surface area contributed by atoms with Crippen molar-refractivity contribution in [1.82, 2.24) is 4.90 Å². The van der Waals surface area contributed by atoms with E-state index in [4.69, 9.17) is 11.6 Å². The number of rotatable bonds is 6. The molecule has 1 saturated heterocycles. The molecule has 9 heteroatoms. The van der Waals surface area contributed by atoms with Crippen LogP contribution in [0.1, 0.15) is 6.42 Å². The average Bonchev–Trinajstić information content (AvgIpc) is 2.86. The normalized spacial score (nSPS) is 19.0. The Kier molecular flexibility index (Phi) is 6.54. The fourth-order valence-corrected chi connectivity index (χ4v) is 5.94. The Morgan fingerprint density at radius 2 is 2.00 bits per heavy atom. The van der Waals surface area contributed by atoms with Crippen LogP contribution in [0.15, 0.2) is 24.3 Å². The number of sulfone groups is 1. The summed E-state index contributed by atoms with van der Waals surface area (Å²) in [5.74, 6) is -0.00776. The number of nitrogens with one attached hydrogen (secondary N) is 1. The molecule has 0 aromatic heterocycles. The molecule has 1 N–H and O–H groups in total. The summed E-state index contributed by atoms with van der Waals surface area (Å²) in [6, 6.07) is 6.69. The lowest BCUT2D eigenvalue weighted by Crippen LogP contribution is -2.36. The van der Waals surface area contributed by atoms with Crippen LogP contribution in [-0.2, 0) is 19.4 Å². The molecule has 0 unspecified atom stereocenters. The largest absolute Gasteiger partial charge is 0.336 e. The van der Waals surface area contributed by atoms with E-state index < -0.39 is 9.84 Å². The summed E-state index contributed by atoms with van der Waals surface area (Å²) in [7, 11) is -1.39. The number of hydrogen-bond donors (Lipinski definition) is 1. The first kappa shape index (κ1) is 19.1. The minimum absolute atomic E-state index is 0.0322. The Morgan fingerprint density at radius 1 is 1.33 bits per heavy atom. The van der Waals surface area contributed by atoms with Crippen molar-refractivity contribution in [2.24, 2.45) is 0 Å². The Balaban J connectivity index is 1.74. The third-order valence-corrected chi connectivity index (χ3v) is 7.09. The molecule has 1 fully saturated rings. The third-order valence-electron chi connectivity index (χ3n) is 3.57. The highest BCUT2D eigenvalue weighted by atomic mass is 35.5. The van der Waals surface area contributed by atoms with Gasteiger partial charge in [-0.25, -0.2) is 8.42 Å². The van der Waals surface area contributed by atoms with Gasteiger partial charge in [-0.1, -0.05) is 11.6 Å². The minimum Gasteiger partial charge on any atom is -0.336 e. The molecule has 0 radical (unpaired) electrons. The van der Waals surface area contributed by atoms with E-state index in [9.17, 15) is 18.0 Å². The van der Waals surface area contributed by atoms with Gasteiger partial charge in [0.1, 0.15) is 0 Å². The fraction of sp³-hybridized carbons (Fsp3) is 0.467. The predicted octanol–water partition coefficient (Wildman–Crippen LogP) is 1.66. The van der Waals surface area contributed by atoms with Crippen LogP contribution in [0.3, 0.4) is 0 Å². The monoisotopic (exact) mass is 390 g/mol. The van der Waals surface area contributed by atoms with Gasteiger partial charge in [-0.05, 0) is 30.7 Å². The van der Waals surface area contributed by atoms with Crippen molar-refractivity contribution >= 4 is 50.7 Å². The second kappa shape index (κ2) is 8.22. The van der Waals surface area contributed by atoms with Gasteiger partial charge in [-0.2, -0.15) is 0 Å². The van der Waals surface area contributed by atoms with Gasteiger partial charge in [0.15, 0.2) is 9.84 Å². The van der Waals surface area contributed by atoms with Gasteiger partial charge in [0.05, 0.1) is 23.8 Å². The van der Waals surface area contributed by atoms with Crippen molar-refractivity contribution < 1.29 is 18.0 Å². The lowest BCUT2D eigenvalue weighted by Gasteiger charge is -2.17. The number of benzene rings is 1. The first-order valence-corrected chi connectivity index (χ1v) is 10.6. The molecule has 1 aliphatic rings. The predicted molar refractivity (Wildman–Crippen MR) is 97.2 cm³/mol. The summed E-state index contributed by atoms with van der Waals surface area (Å²) >= 11 is 7.11. The van der Waals surface area contributed by atoms with E-state index >= 15 is 0 Å². The van der Waals surface area contributed by atoms with E-state index in [1.165, 1.54) is 16.7 Å². The molecule has 1 atom stereocenters. The maximum absolute atomic E-state index is 12.1. The number of amides is 2. The van der Waals surface area contributed by atoms with Gasteiger partial charge in [0, 0.05) is 23.0 Å². The SMILES string of the molecule is CN(CC(=O)Nc1ccc(Cl)cc1)C(=O)CS[C@@H]1CCS(=O)(=O)C1. The van der Waals surface area contributed by atoms with Crippen molar-refractivity contribution in [1.29, 1.82) is 0 Å². The first-order valence-electron chi connectivity index (χ1n) is 7.36. The Labute approximate surface area is 150 Å². The number of hydrogen-bond acceptors (Lipinski definition) is 5. The van der Waals surface area contributed by atoms with Gasteiger partial charge in [0.2, 0.25) is 11.8 Å². The van der Waals surface area contributed by atoms with Crippen molar-refractivity contribution in [3.8, 4) is 0 Å². The second-order valence-corrected chi connectivity index (χ2v) is 9.59. The molecule has 1 aromatic carbocycles. The summed E-state index contributed by atoms with van der Waals surface area (Å²) < 4.78 is 22.8. The van der Waals surface area contributed by atoms with E-state index in [1.54, 1.807) is 31.3 Å². The van der Waals surface area contributed by atoms with Crippen molar-refractivity contribution in [2.45, 2.75) is 11.7 Å². The van der Waals surface area contributed by atoms with Crippen LogP contribution in [0.25, 0.3) is 0 Å². The van der Waals surface area contributed by atoms with Crippen LogP contribution in [0.2, 0.25) is 5.02 Å².